The van der Waals surface area contributed by atoms with Crippen molar-refractivity contribution in [3.05, 3.63) is 100 Å². The van der Waals surface area contributed by atoms with Gasteiger partial charge < -0.3 is 14.5 Å². The van der Waals surface area contributed by atoms with Gasteiger partial charge in [0.15, 0.2) is 0 Å². The summed E-state index contributed by atoms with van der Waals surface area (Å²) in [4.78, 5) is 11.3. The van der Waals surface area contributed by atoms with Gasteiger partial charge in [-0.2, -0.15) is 0 Å². The molecule has 172 valence electrons. The summed E-state index contributed by atoms with van der Waals surface area (Å²) >= 11 is 0. The van der Waals surface area contributed by atoms with Crippen LogP contribution in [0.25, 0.3) is 11.3 Å². The molecule has 0 saturated carbocycles. The summed E-state index contributed by atoms with van der Waals surface area (Å²) in [7, 11) is 1.88. The molecule has 2 aromatic carbocycles. The van der Waals surface area contributed by atoms with E-state index >= 15 is 0 Å². The van der Waals surface area contributed by atoms with Gasteiger partial charge in [0, 0.05) is 43.0 Å². The molecule has 0 aliphatic rings. The summed E-state index contributed by atoms with van der Waals surface area (Å²) < 4.78 is 13.3. The Morgan fingerprint density at radius 3 is 2.58 bits per heavy atom. The zero-order valence-corrected chi connectivity index (χ0v) is 19.0. The molecule has 0 amide bonds. The number of nitrogens with zero attached hydrogens (tertiary/aromatic N) is 1. The van der Waals surface area contributed by atoms with Crippen LogP contribution in [-0.2, 0) is 26.6 Å². The highest BCUT2D eigenvalue weighted by Crippen LogP contribution is 2.21. The van der Waals surface area contributed by atoms with Gasteiger partial charge in [-0.05, 0) is 49.4 Å². The standard InChI is InChI=1S/C27H31N3O3/c1-30-24(18-27(31)29-30)9-3-2-6-16-32-26-10-5-4-8-23(26)20-28-19-21-12-14-22(15-13-21)25-11-7-17-33-25/h4-5,7-8,10-15,17-18,28H,2-3,6,9,16,19-20H2,1H3,(H,29,31). The van der Waals surface area contributed by atoms with Crippen LogP contribution in [0.4, 0.5) is 0 Å². The average molecular weight is 446 g/mol. The number of rotatable bonds is 12. The van der Waals surface area contributed by atoms with Crippen molar-refractivity contribution >= 4 is 0 Å². The van der Waals surface area contributed by atoms with Crippen LogP contribution in [0, 0.1) is 0 Å². The molecular formula is C27H31N3O3. The Balaban J connectivity index is 1.18. The third-order valence-electron chi connectivity index (χ3n) is 5.72. The highest BCUT2D eigenvalue weighted by atomic mass is 16.5. The Hall–Kier alpha value is -3.51. The van der Waals surface area contributed by atoms with E-state index in [1.165, 1.54) is 5.56 Å². The largest absolute Gasteiger partial charge is 0.493 e. The van der Waals surface area contributed by atoms with Gasteiger partial charge in [0.25, 0.3) is 5.56 Å². The normalized spacial score (nSPS) is 11.1. The van der Waals surface area contributed by atoms with Crippen LogP contribution in [0.15, 0.2) is 82.2 Å². The molecule has 4 aromatic rings. The number of nitrogens with one attached hydrogen (secondary N) is 2. The topological polar surface area (TPSA) is 72.2 Å². The van der Waals surface area contributed by atoms with E-state index in [2.05, 4.69) is 40.7 Å². The lowest BCUT2D eigenvalue weighted by molar-refractivity contribution is 0.301. The second kappa shape index (κ2) is 11.4. The molecular weight excluding hydrogens is 414 g/mol. The van der Waals surface area contributed by atoms with E-state index in [1.807, 2.05) is 37.4 Å². The van der Waals surface area contributed by atoms with Crippen molar-refractivity contribution in [2.45, 2.75) is 38.8 Å². The number of para-hydroxylation sites is 1. The number of unbranched alkanes of at least 4 members (excludes halogenated alkanes) is 2. The zero-order chi connectivity index (χ0) is 22.9. The number of benzene rings is 2. The van der Waals surface area contributed by atoms with Crippen LogP contribution in [0.2, 0.25) is 0 Å². The van der Waals surface area contributed by atoms with Crippen molar-refractivity contribution in [3.8, 4) is 17.1 Å². The van der Waals surface area contributed by atoms with Crippen molar-refractivity contribution in [2.24, 2.45) is 7.05 Å². The van der Waals surface area contributed by atoms with Crippen molar-refractivity contribution < 1.29 is 9.15 Å². The Morgan fingerprint density at radius 2 is 1.82 bits per heavy atom. The van der Waals surface area contributed by atoms with E-state index in [-0.39, 0.29) is 5.56 Å². The number of H-pyrrole nitrogens is 1. The van der Waals surface area contributed by atoms with Crippen molar-refractivity contribution in [2.75, 3.05) is 6.61 Å². The molecule has 0 saturated heterocycles. The fraction of sp³-hybridized carbons (Fsp3) is 0.296. The molecule has 0 aliphatic heterocycles. The lowest BCUT2D eigenvalue weighted by Gasteiger charge is -2.12. The van der Waals surface area contributed by atoms with Crippen molar-refractivity contribution in [1.82, 2.24) is 15.1 Å². The van der Waals surface area contributed by atoms with E-state index in [9.17, 15) is 4.79 Å². The number of aryl methyl sites for hydroxylation is 2. The highest BCUT2D eigenvalue weighted by Gasteiger charge is 2.05. The summed E-state index contributed by atoms with van der Waals surface area (Å²) in [6.45, 7) is 2.23. The van der Waals surface area contributed by atoms with Crippen LogP contribution in [0.1, 0.15) is 36.1 Å². The van der Waals surface area contributed by atoms with E-state index in [4.69, 9.17) is 9.15 Å². The molecule has 0 fully saturated rings. The molecule has 6 heteroatoms. The third kappa shape index (κ3) is 6.49. The first-order chi connectivity index (χ1) is 16.2. The second-order valence-electron chi connectivity index (χ2n) is 8.22. The first kappa shape index (κ1) is 22.7. The maximum atomic E-state index is 11.3. The van der Waals surface area contributed by atoms with Gasteiger partial charge in [0.2, 0.25) is 0 Å². The van der Waals surface area contributed by atoms with Crippen LogP contribution in [-0.4, -0.2) is 16.4 Å². The summed E-state index contributed by atoms with van der Waals surface area (Å²) in [5.74, 6) is 1.82. The second-order valence-corrected chi connectivity index (χ2v) is 8.22. The minimum Gasteiger partial charge on any atom is -0.493 e. The van der Waals surface area contributed by atoms with Crippen molar-refractivity contribution in [3.63, 3.8) is 0 Å². The lowest BCUT2D eigenvalue weighted by atomic mass is 10.1. The molecule has 4 rings (SSSR count). The Kier molecular flexibility index (Phi) is 7.82. The van der Waals surface area contributed by atoms with Gasteiger partial charge in [-0.25, -0.2) is 0 Å². The molecule has 0 radical (unpaired) electrons. The molecule has 33 heavy (non-hydrogen) atoms. The molecule has 2 heterocycles. The fourth-order valence-electron chi connectivity index (χ4n) is 3.89. The van der Waals surface area contributed by atoms with E-state index < -0.39 is 0 Å². The number of ether oxygens (including phenoxy) is 1. The number of aromatic amines is 1. The van der Waals surface area contributed by atoms with Crippen LogP contribution in [0.5, 0.6) is 5.75 Å². The minimum atomic E-state index is -0.0352. The third-order valence-corrected chi connectivity index (χ3v) is 5.72. The molecule has 2 aromatic heterocycles. The lowest BCUT2D eigenvalue weighted by Crippen LogP contribution is -2.13. The predicted octanol–water partition coefficient (Wildman–Crippen LogP) is 5.06. The zero-order valence-electron chi connectivity index (χ0n) is 19.0. The molecule has 0 bridgehead atoms. The first-order valence-electron chi connectivity index (χ1n) is 11.5. The molecule has 0 aliphatic carbocycles. The average Bonchev–Trinajstić information content (AvgIpc) is 3.47. The monoisotopic (exact) mass is 445 g/mol. The van der Waals surface area contributed by atoms with Crippen LogP contribution < -0.4 is 15.6 Å². The van der Waals surface area contributed by atoms with E-state index in [0.29, 0.717) is 6.61 Å². The van der Waals surface area contributed by atoms with Gasteiger partial charge in [-0.1, -0.05) is 42.5 Å². The molecule has 6 nitrogen and oxygen atoms in total. The maximum Gasteiger partial charge on any atom is 0.264 e. The Labute approximate surface area is 194 Å². The first-order valence-corrected chi connectivity index (χ1v) is 11.5. The number of hydrogen-bond donors (Lipinski definition) is 2. The SMILES string of the molecule is Cn1[nH]c(=O)cc1CCCCCOc1ccccc1CNCc1ccc(-c2ccco2)cc1. The van der Waals surface area contributed by atoms with Gasteiger partial charge in [0.05, 0.1) is 12.9 Å². The van der Waals surface area contributed by atoms with Crippen LogP contribution >= 0.6 is 0 Å². The number of furan rings is 1. The maximum absolute atomic E-state index is 11.3. The number of aromatic nitrogens is 2. The Bertz CT molecular complexity index is 1170. The predicted molar refractivity (Wildman–Crippen MR) is 130 cm³/mol. The summed E-state index contributed by atoms with van der Waals surface area (Å²) in [6, 6.07) is 22.2. The van der Waals surface area contributed by atoms with E-state index in [1.54, 1.807) is 17.0 Å². The molecule has 0 unspecified atom stereocenters. The summed E-state index contributed by atoms with van der Waals surface area (Å²) in [5, 5.41) is 6.26. The quantitative estimate of drug-likeness (QED) is 0.299. The van der Waals surface area contributed by atoms with Gasteiger partial charge in [-0.3, -0.25) is 14.6 Å². The fourth-order valence-corrected chi connectivity index (χ4v) is 3.89. The Morgan fingerprint density at radius 1 is 0.970 bits per heavy atom. The molecule has 0 atom stereocenters. The van der Waals surface area contributed by atoms with Crippen molar-refractivity contribution in [1.29, 1.82) is 0 Å². The highest BCUT2D eigenvalue weighted by molar-refractivity contribution is 5.57. The minimum absolute atomic E-state index is 0.0352. The van der Waals surface area contributed by atoms with E-state index in [0.717, 1.165) is 67.1 Å². The van der Waals surface area contributed by atoms with Gasteiger partial charge >= 0.3 is 0 Å². The molecule has 2 N–H and O–H groups in total. The summed E-state index contributed by atoms with van der Waals surface area (Å²) in [6.07, 6.45) is 5.68. The van der Waals surface area contributed by atoms with Crippen LogP contribution in [0.3, 0.4) is 0 Å². The summed E-state index contributed by atoms with van der Waals surface area (Å²) in [5.41, 5.74) is 4.48. The van der Waals surface area contributed by atoms with Gasteiger partial charge in [0.1, 0.15) is 11.5 Å². The molecule has 0 spiro atoms. The number of hydrogen-bond acceptors (Lipinski definition) is 4. The van der Waals surface area contributed by atoms with Gasteiger partial charge in [-0.15, -0.1) is 0 Å². The smallest absolute Gasteiger partial charge is 0.264 e.